The van der Waals surface area contributed by atoms with Crippen LogP contribution in [0.3, 0.4) is 0 Å². The standard InChI is InChI=1S/C11H11NO6S2/c1-7(13)18-4-5-19-20-8-2-3-10(12(16)17)9(6-8)11(14)15/h2-3,6H,4-5H2,1H3,(H,14,15). The molecule has 0 atom stereocenters. The highest BCUT2D eigenvalue weighted by molar-refractivity contribution is 8.76. The van der Waals surface area contributed by atoms with Crippen molar-refractivity contribution in [1.82, 2.24) is 0 Å². The number of benzene rings is 1. The molecule has 0 saturated carbocycles. The second kappa shape index (κ2) is 7.75. The molecule has 0 fully saturated rings. The van der Waals surface area contributed by atoms with E-state index >= 15 is 0 Å². The number of ether oxygens (including phenoxy) is 1. The topological polar surface area (TPSA) is 107 Å². The second-order valence-corrected chi connectivity index (χ2v) is 5.98. The highest BCUT2D eigenvalue weighted by Crippen LogP contribution is 2.33. The lowest BCUT2D eigenvalue weighted by Gasteiger charge is -2.04. The first-order valence-corrected chi connectivity index (χ1v) is 7.68. The third-order valence-electron chi connectivity index (χ3n) is 2.02. The van der Waals surface area contributed by atoms with E-state index in [0.29, 0.717) is 10.6 Å². The third kappa shape index (κ3) is 5.10. The molecule has 1 rings (SSSR count). The molecule has 0 unspecified atom stereocenters. The molecule has 0 bridgehead atoms. The van der Waals surface area contributed by atoms with Gasteiger partial charge in [0, 0.05) is 23.6 Å². The van der Waals surface area contributed by atoms with Gasteiger partial charge in [0.25, 0.3) is 5.69 Å². The first-order valence-electron chi connectivity index (χ1n) is 5.36. The van der Waals surface area contributed by atoms with Crippen LogP contribution in [0.15, 0.2) is 23.1 Å². The Balaban J connectivity index is 2.64. The minimum Gasteiger partial charge on any atom is -0.477 e. The molecule has 0 heterocycles. The number of nitro benzene ring substituents is 1. The summed E-state index contributed by atoms with van der Waals surface area (Å²) in [6.45, 7) is 1.57. The monoisotopic (exact) mass is 317 g/mol. The number of carbonyl (C=O) groups is 2. The van der Waals surface area contributed by atoms with Gasteiger partial charge in [-0.3, -0.25) is 14.9 Å². The van der Waals surface area contributed by atoms with Crippen LogP contribution in [0.2, 0.25) is 0 Å². The predicted octanol–water partition coefficient (Wildman–Crippen LogP) is 2.60. The number of nitrogens with zero attached hydrogens (tertiary/aromatic N) is 1. The molecule has 0 aromatic heterocycles. The van der Waals surface area contributed by atoms with Crippen LogP contribution >= 0.6 is 21.6 Å². The van der Waals surface area contributed by atoms with E-state index in [4.69, 9.17) is 9.84 Å². The Labute approximate surface area is 122 Å². The first kappa shape index (κ1) is 16.3. The van der Waals surface area contributed by atoms with Gasteiger partial charge in [0.1, 0.15) is 12.2 Å². The summed E-state index contributed by atoms with van der Waals surface area (Å²) in [7, 11) is 2.62. The number of rotatable bonds is 7. The lowest BCUT2D eigenvalue weighted by molar-refractivity contribution is -0.385. The molecule has 0 radical (unpaired) electrons. The number of hydrogen-bond acceptors (Lipinski definition) is 7. The van der Waals surface area contributed by atoms with Crippen molar-refractivity contribution < 1.29 is 24.4 Å². The Morgan fingerprint density at radius 1 is 1.45 bits per heavy atom. The van der Waals surface area contributed by atoms with Crippen molar-refractivity contribution >= 4 is 39.2 Å². The van der Waals surface area contributed by atoms with Crippen LogP contribution in [-0.4, -0.2) is 34.3 Å². The van der Waals surface area contributed by atoms with Crippen LogP contribution in [0.1, 0.15) is 17.3 Å². The molecular formula is C11H11NO6S2. The summed E-state index contributed by atoms with van der Waals surface area (Å²) in [4.78, 5) is 32.0. The number of hydrogen-bond donors (Lipinski definition) is 1. The summed E-state index contributed by atoms with van der Waals surface area (Å²) in [5.41, 5.74) is -0.785. The molecule has 20 heavy (non-hydrogen) atoms. The van der Waals surface area contributed by atoms with Crippen molar-refractivity contribution in [1.29, 1.82) is 0 Å². The molecular weight excluding hydrogens is 306 g/mol. The van der Waals surface area contributed by atoms with Crippen molar-refractivity contribution in [3.63, 3.8) is 0 Å². The maximum atomic E-state index is 11.0. The lowest BCUT2D eigenvalue weighted by Crippen LogP contribution is -2.02. The quantitative estimate of drug-likeness (QED) is 0.269. The summed E-state index contributed by atoms with van der Waals surface area (Å²) >= 11 is 0. The minimum absolute atomic E-state index is 0.256. The molecule has 7 nitrogen and oxygen atoms in total. The molecule has 9 heteroatoms. The van der Waals surface area contributed by atoms with Crippen LogP contribution in [0.5, 0.6) is 0 Å². The second-order valence-electron chi connectivity index (χ2n) is 3.49. The maximum absolute atomic E-state index is 11.0. The van der Waals surface area contributed by atoms with Crippen molar-refractivity contribution in [2.45, 2.75) is 11.8 Å². The third-order valence-corrected chi connectivity index (χ3v) is 4.35. The van der Waals surface area contributed by atoms with Gasteiger partial charge >= 0.3 is 11.9 Å². The fourth-order valence-corrected chi connectivity index (χ4v) is 3.06. The molecule has 1 N–H and O–H groups in total. The van der Waals surface area contributed by atoms with E-state index < -0.39 is 16.6 Å². The Bertz CT molecular complexity index is 534. The van der Waals surface area contributed by atoms with Gasteiger partial charge in [-0.15, -0.1) is 0 Å². The summed E-state index contributed by atoms with van der Waals surface area (Å²) in [6.07, 6.45) is 0. The number of nitro groups is 1. The highest BCUT2D eigenvalue weighted by Gasteiger charge is 2.20. The zero-order valence-electron chi connectivity index (χ0n) is 10.4. The number of carboxylic acids is 1. The van der Waals surface area contributed by atoms with Crippen LogP contribution in [0, 0.1) is 10.1 Å². The van der Waals surface area contributed by atoms with Gasteiger partial charge in [-0.25, -0.2) is 4.79 Å². The number of aromatic carboxylic acids is 1. The summed E-state index contributed by atoms with van der Waals surface area (Å²) in [5, 5.41) is 19.6. The minimum atomic E-state index is -1.34. The van der Waals surface area contributed by atoms with Gasteiger partial charge < -0.3 is 9.84 Å². The summed E-state index contributed by atoms with van der Waals surface area (Å²) in [5.74, 6) is -1.17. The van der Waals surface area contributed by atoms with Crippen LogP contribution in [0.25, 0.3) is 0 Å². The first-order chi connectivity index (χ1) is 9.41. The van der Waals surface area contributed by atoms with E-state index in [1.165, 1.54) is 46.7 Å². The smallest absolute Gasteiger partial charge is 0.342 e. The Hall–Kier alpha value is -1.74. The SMILES string of the molecule is CC(=O)OCCSSc1ccc([N+](=O)[O-])c(C(=O)O)c1. The van der Waals surface area contributed by atoms with E-state index in [-0.39, 0.29) is 18.1 Å². The van der Waals surface area contributed by atoms with Crippen molar-refractivity contribution in [3.05, 3.63) is 33.9 Å². The fourth-order valence-electron chi connectivity index (χ4n) is 1.23. The largest absolute Gasteiger partial charge is 0.477 e. The maximum Gasteiger partial charge on any atom is 0.342 e. The van der Waals surface area contributed by atoms with Crippen LogP contribution in [0.4, 0.5) is 5.69 Å². The molecule has 0 aliphatic rings. The predicted molar refractivity (Wildman–Crippen MR) is 75.0 cm³/mol. The average Bonchev–Trinajstić information content (AvgIpc) is 2.37. The van der Waals surface area contributed by atoms with Crippen LogP contribution in [-0.2, 0) is 9.53 Å². The van der Waals surface area contributed by atoms with Gasteiger partial charge in [-0.05, 0) is 12.1 Å². The summed E-state index contributed by atoms with van der Waals surface area (Å²) in [6, 6.07) is 3.90. The average molecular weight is 317 g/mol. The van der Waals surface area contributed by atoms with Gasteiger partial charge in [-0.1, -0.05) is 21.6 Å². The van der Waals surface area contributed by atoms with Crippen molar-refractivity contribution in [2.75, 3.05) is 12.4 Å². The lowest BCUT2D eigenvalue weighted by atomic mass is 10.2. The molecule has 1 aromatic rings. The van der Waals surface area contributed by atoms with E-state index in [2.05, 4.69) is 0 Å². The normalized spacial score (nSPS) is 10.1. The molecule has 108 valence electrons. The molecule has 0 spiro atoms. The molecule has 1 aromatic carbocycles. The Morgan fingerprint density at radius 2 is 2.15 bits per heavy atom. The van der Waals surface area contributed by atoms with Crippen molar-refractivity contribution in [3.8, 4) is 0 Å². The molecule has 0 aliphatic carbocycles. The Kier molecular flexibility index (Phi) is 6.32. The van der Waals surface area contributed by atoms with Crippen molar-refractivity contribution in [2.24, 2.45) is 0 Å². The zero-order valence-corrected chi connectivity index (χ0v) is 12.0. The van der Waals surface area contributed by atoms with E-state index in [0.717, 1.165) is 0 Å². The van der Waals surface area contributed by atoms with E-state index in [1.54, 1.807) is 0 Å². The number of esters is 1. The van der Waals surface area contributed by atoms with Gasteiger partial charge in [0.2, 0.25) is 0 Å². The van der Waals surface area contributed by atoms with E-state index in [9.17, 15) is 19.7 Å². The highest BCUT2D eigenvalue weighted by atomic mass is 33.1. The zero-order chi connectivity index (χ0) is 15.1. The van der Waals surface area contributed by atoms with Gasteiger partial charge in [0.15, 0.2) is 0 Å². The van der Waals surface area contributed by atoms with Crippen LogP contribution < -0.4 is 0 Å². The summed E-state index contributed by atoms with van der Waals surface area (Å²) < 4.78 is 4.74. The fraction of sp³-hybridized carbons (Fsp3) is 0.273. The van der Waals surface area contributed by atoms with Gasteiger partial charge in [-0.2, -0.15) is 0 Å². The van der Waals surface area contributed by atoms with Gasteiger partial charge in [0.05, 0.1) is 4.92 Å². The number of carbonyl (C=O) groups excluding carboxylic acids is 1. The molecule has 0 aliphatic heterocycles. The number of carboxylic acid groups (broad SMARTS) is 1. The Morgan fingerprint density at radius 3 is 2.70 bits per heavy atom. The van der Waals surface area contributed by atoms with E-state index in [1.807, 2.05) is 0 Å². The molecule has 0 amide bonds. The molecule has 0 saturated heterocycles.